The normalized spacial score (nSPS) is 13.2. The summed E-state index contributed by atoms with van der Waals surface area (Å²) in [5, 5.41) is 5.00. The Bertz CT molecular complexity index is 670. The molecule has 1 saturated carbocycles. The van der Waals surface area contributed by atoms with Crippen molar-refractivity contribution in [1.29, 1.82) is 0 Å². The fourth-order valence-electron chi connectivity index (χ4n) is 1.87. The molecule has 0 amide bonds. The summed E-state index contributed by atoms with van der Waals surface area (Å²) in [5.41, 5.74) is 0. The SMILES string of the molecule is CCOC(=O)C1CC1.CSc1nccc(-n2nc(C)nc2C)n1. The van der Waals surface area contributed by atoms with Crippen LogP contribution < -0.4 is 0 Å². The van der Waals surface area contributed by atoms with Crippen LogP contribution in [0.25, 0.3) is 5.82 Å². The molecule has 0 atom stereocenters. The number of ether oxygens (including phenoxy) is 1. The van der Waals surface area contributed by atoms with E-state index in [1.54, 1.807) is 10.9 Å². The molecular formula is C15H21N5O2S. The molecule has 1 aliphatic rings. The van der Waals surface area contributed by atoms with Crippen molar-refractivity contribution in [1.82, 2.24) is 24.7 Å². The maximum atomic E-state index is 10.6. The van der Waals surface area contributed by atoms with Gasteiger partial charge in [-0.15, -0.1) is 5.10 Å². The lowest BCUT2D eigenvalue weighted by molar-refractivity contribution is -0.144. The lowest BCUT2D eigenvalue weighted by Crippen LogP contribution is -2.04. The smallest absolute Gasteiger partial charge is 0.308 e. The van der Waals surface area contributed by atoms with E-state index < -0.39 is 0 Å². The topological polar surface area (TPSA) is 82.8 Å². The number of aromatic nitrogens is 5. The summed E-state index contributed by atoms with van der Waals surface area (Å²) < 4.78 is 6.45. The molecule has 8 heteroatoms. The first-order valence-electron chi connectivity index (χ1n) is 7.49. The average Bonchev–Trinajstić information content (AvgIpc) is 3.33. The highest BCUT2D eigenvalue weighted by atomic mass is 32.2. The highest BCUT2D eigenvalue weighted by molar-refractivity contribution is 7.98. The summed E-state index contributed by atoms with van der Waals surface area (Å²) >= 11 is 1.51. The second kappa shape index (κ2) is 8.05. The van der Waals surface area contributed by atoms with Crippen molar-refractivity contribution in [3.63, 3.8) is 0 Å². The van der Waals surface area contributed by atoms with Gasteiger partial charge in [-0.1, -0.05) is 11.8 Å². The summed E-state index contributed by atoms with van der Waals surface area (Å²) in [5.74, 6) is 2.59. The minimum atomic E-state index is -0.00694. The van der Waals surface area contributed by atoms with E-state index in [1.807, 2.05) is 33.1 Å². The van der Waals surface area contributed by atoms with Gasteiger partial charge in [0.05, 0.1) is 12.5 Å². The van der Waals surface area contributed by atoms with Crippen LogP contribution in [0.5, 0.6) is 0 Å². The second-order valence-electron chi connectivity index (χ2n) is 5.05. The molecule has 0 radical (unpaired) electrons. The van der Waals surface area contributed by atoms with Gasteiger partial charge >= 0.3 is 5.97 Å². The van der Waals surface area contributed by atoms with Crippen LogP contribution in [0, 0.1) is 19.8 Å². The van der Waals surface area contributed by atoms with Gasteiger partial charge in [0.25, 0.3) is 0 Å². The molecule has 0 N–H and O–H groups in total. The summed E-state index contributed by atoms with van der Waals surface area (Å²) in [7, 11) is 0. The molecule has 2 aromatic heterocycles. The monoisotopic (exact) mass is 335 g/mol. The van der Waals surface area contributed by atoms with Crippen LogP contribution in [0.15, 0.2) is 17.4 Å². The lowest BCUT2D eigenvalue weighted by atomic mass is 10.4. The maximum absolute atomic E-state index is 10.6. The van der Waals surface area contributed by atoms with Crippen molar-refractivity contribution in [3.05, 3.63) is 23.9 Å². The molecule has 124 valence electrons. The number of thioether (sulfide) groups is 1. The summed E-state index contributed by atoms with van der Waals surface area (Å²) in [6, 6.07) is 1.82. The van der Waals surface area contributed by atoms with E-state index in [0.717, 1.165) is 35.5 Å². The molecule has 0 aliphatic heterocycles. The Morgan fingerprint density at radius 3 is 2.65 bits per heavy atom. The molecule has 0 aromatic carbocycles. The van der Waals surface area contributed by atoms with Crippen molar-refractivity contribution in [2.24, 2.45) is 5.92 Å². The molecule has 0 saturated heterocycles. The first-order chi connectivity index (χ1) is 11.0. The van der Waals surface area contributed by atoms with Gasteiger partial charge in [0.15, 0.2) is 11.0 Å². The molecule has 1 aliphatic carbocycles. The van der Waals surface area contributed by atoms with Gasteiger partial charge in [-0.25, -0.2) is 15.0 Å². The molecular weight excluding hydrogens is 314 g/mol. The van der Waals surface area contributed by atoms with Crippen molar-refractivity contribution < 1.29 is 9.53 Å². The van der Waals surface area contributed by atoms with E-state index >= 15 is 0 Å². The second-order valence-corrected chi connectivity index (χ2v) is 5.82. The number of hydrogen-bond donors (Lipinski definition) is 0. The Balaban J connectivity index is 0.000000203. The maximum Gasteiger partial charge on any atom is 0.308 e. The van der Waals surface area contributed by atoms with Gasteiger partial charge in [-0.3, -0.25) is 4.79 Å². The van der Waals surface area contributed by atoms with E-state index in [2.05, 4.69) is 20.1 Å². The van der Waals surface area contributed by atoms with Crippen molar-refractivity contribution in [2.75, 3.05) is 12.9 Å². The van der Waals surface area contributed by atoms with Gasteiger partial charge < -0.3 is 4.74 Å². The quantitative estimate of drug-likeness (QED) is 0.482. The Morgan fingerprint density at radius 1 is 1.39 bits per heavy atom. The number of nitrogens with zero attached hydrogens (tertiary/aromatic N) is 5. The summed E-state index contributed by atoms with van der Waals surface area (Å²) in [6.07, 6.45) is 5.75. The number of carbonyl (C=O) groups is 1. The highest BCUT2D eigenvalue weighted by Crippen LogP contribution is 2.29. The van der Waals surface area contributed by atoms with Crippen molar-refractivity contribution in [2.45, 2.75) is 38.8 Å². The summed E-state index contributed by atoms with van der Waals surface area (Å²) in [6.45, 7) is 6.12. The minimum absolute atomic E-state index is 0.00694. The number of carbonyl (C=O) groups excluding carboxylic acids is 1. The van der Waals surface area contributed by atoms with Crippen LogP contribution in [0.1, 0.15) is 31.4 Å². The molecule has 2 aromatic rings. The van der Waals surface area contributed by atoms with E-state index in [-0.39, 0.29) is 11.9 Å². The molecule has 0 bridgehead atoms. The van der Waals surface area contributed by atoms with Gasteiger partial charge in [-0.2, -0.15) is 4.68 Å². The fraction of sp³-hybridized carbons (Fsp3) is 0.533. The summed E-state index contributed by atoms with van der Waals surface area (Å²) in [4.78, 5) is 23.3. The lowest BCUT2D eigenvalue weighted by Gasteiger charge is -2.02. The Kier molecular flexibility index (Phi) is 6.09. The third-order valence-corrected chi connectivity index (χ3v) is 3.65. The first-order valence-corrected chi connectivity index (χ1v) is 8.72. The standard InChI is InChI=1S/C9H11N5S.C6H10O2/c1-6-11-7(2)14(13-6)8-4-5-10-9(12-8)15-3;1-2-8-6(7)5-3-4-5/h4-5H,1-3H3;5H,2-4H2,1H3. The first kappa shape index (κ1) is 17.4. The molecule has 0 spiro atoms. The van der Waals surface area contributed by atoms with Crippen LogP contribution >= 0.6 is 11.8 Å². The van der Waals surface area contributed by atoms with Crippen LogP contribution in [0.2, 0.25) is 0 Å². The zero-order valence-electron chi connectivity index (χ0n) is 13.8. The molecule has 0 unspecified atom stereocenters. The van der Waals surface area contributed by atoms with Crippen LogP contribution in [0.4, 0.5) is 0 Å². The molecule has 23 heavy (non-hydrogen) atoms. The van der Waals surface area contributed by atoms with Crippen LogP contribution in [0.3, 0.4) is 0 Å². The Hall–Kier alpha value is -1.96. The van der Waals surface area contributed by atoms with Crippen molar-refractivity contribution >= 4 is 17.7 Å². The van der Waals surface area contributed by atoms with Gasteiger partial charge in [0, 0.05) is 12.3 Å². The van der Waals surface area contributed by atoms with Gasteiger partial charge in [0.2, 0.25) is 0 Å². The minimum Gasteiger partial charge on any atom is -0.466 e. The highest BCUT2D eigenvalue weighted by Gasteiger charge is 2.30. The van der Waals surface area contributed by atoms with Crippen LogP contribution in [-0.4, -0.2) is 43.6 Å². The van der Waals surface area contributed by atoms with Gasteiger partial charge in [0.1, 0.15) is 11.6 Å². The number of esters is 1. The zero-order valence-corrected chi connectivity index (χ0v) is 14.6. The fourth-order valence-corrected chi connectivity index (χ4v) is 2.22. The predicted octanol–water partition coefficient (Wildman–Crippen LogP) is 2.36. The number of hydrogen-bond acceptors (Lipinski definition) is 7. The molecule has 2 heterocycles. The molecule has 3 rings (SSSR count). The van der Waals surface area contributed by atoms with E-state index in [0.29, 0.717) is 6.61 Å². The average molecular weight is 335 g/mol. The Labute approximate surface area is 139 Å². The van der Waals surface area contributed by atoms with E-state index in [4.69, 9.17) is 4.74 Å². The van der Waals surface area contributed by atoms with Gasteiger partial charge in [-0.05, 0) is 39.9 Å². The molecule has 7 nitrogen and oxygen atoms in total. The largest absolute Gasteiger partial charge is 0.466 e. The van der Waals surface area contributed by atoms with Crippen LogP contribution in [-0.2, 0) is 9.53 Å². The number of rotatable bonds is 4. The van der Waals surface area contributed by atoms with E-state index in [9.17, 15) is 4.79 Å². The van der Waals surface area contributed by atoms with Crippen molar-refractivity contribution in [3.8, 4) is 5.82 Å². The zero-order chi connectivity index (χ0) is 16.8. The molecule has 1 fully saturated rings. The Morgan fingerprint density at radius 2 is 2.13 bits per heavy atom. The third kappa shape index (κ3) is 5.02. The van der Waals surface area contributed by atoms with E-state index in [1.165, 1.54) is 11.8 Å². The third-order valence-electron chi connectivity index (χ3n) is 3.09. The number of aryl methyl sites for hydroxylation is 2. The predicted molar refractivity (Wildman–Crippen MR) is 87.6 cm³/mol.